The first-order valence-electron chi connectivity index (χ1n) is 2.68. The van der Waals surface area contributed by atoms with Crippen molar-refractivity contribution in [2.45, 2.75) is 19.9 Å². The quantitative estimate of drug-likeness (QED) is 0.410. The van der Waals surface area contributed by atoms with Gasteiger partial charge in [-0.15, -0.1) is 0 Å². The maximum atomic E-state index is 10.4. The Bertz CT molecular complexity index is 121. The Balaban J connectivity index is 3.98. The molecular formula is C5H11N3O. The summed E-state index contributed by atoms with van der Waals surface area (Å²) >= 11 is 0. The second-order valence-electron chi connectivity index (χ2n) is 1.97. The van der Waals surface area contributed by atoms with E-state index in [1.54, 1.807) is 13.8 Å². The van der Waals surface area contributed by atoms with E-state index in [1.807, 2.05) is 0 Å². The minimum absolute atomic E-state index is 0.0278. The summed E-state index contributed by atoms with van der Waals surface area (Å²) in [4.78, 5) is 11.5. The lowest BCUT2D eigenvalue weighted by Crippen LogP contribution is -2.39. The van der Waals surface area contributed by atoms with Crippen molar-refractivity contribution in [3.63, 3.8) is 0 Å². The fraction of sp³-hybridized carbons (Fsp3) is 0.600. The highest BCUT2D eigenvalue weighted by molar-refractivity contribution is 5.84. The summed E-state index contributed by atoms with van der Waals surface area (Å²) in [5.41, 5.74) is 4.88. The molecule has 9 heavy (non-hydrogen) atoms. The Morgan fingerprint density at radius 3 is 2.22 bits per heavy atom. The Kier molecular flexibility index (Phi) is 2.70. The third-order valence-electron chi connectivity index (χ3n) is 0.950. The van der Waals surface area contributed by atoms with Crippen molar-refractivity contribution in [3.05, 3.63) is 0 Å². The van der Waals surface area contributed by atoms with Crippen molar-refractivity contribution in [2.75, 3.05) is 0 Å². The van der Waals surface area contributed by atoms with Crippen LogP contribution in [0.15, 0.2) is 0 Å². The SMILES string of the molecule is CC(C)N(C=N)C(N)=O. The molecule has 0 unspecified atom stereocenters. The largest absolute Gasteiger partial charge is 0.351 e. The van der Waals surface area contributed by atoms with Gasteiger partial charge in [0.05, 0.1) is 6.34 Å². The lowest BCUT2D eigenvalue weighted by Gasteiger charge is -2.17. The molecule has 0 aromatic carbocycles. The Morgan fingerprint density at radius 1 is 1.78 bits per heavy atom. The van der Waals surface area contributed by atoms with Crippen LogP contribution < -0.4 is 5.73 Å². The van der Waals surface area contributed by atoms with E-state index in [9.17, 15) is 4.79 Å². The van der Waals surface area contributed by atoms with E-state index in [0.29, 0.717) is 0 Å². The van der Waals surface area contributed by atoms with Gasteiger partial charge in [-0.05, 0) is 13.8 Å². The van der Waals surface area contributed by atoms with Gasteiger partial charge >= 0.3 is 6.03 Å². The van der Waals surface area contributed by atoms with Crippen molar-refractivity contribution in [1.82, 2.24) is 4.90 Å². The average Bonchev–Trinajstić information content (AvgIpc) is 1.64. The summed E-state index contributed by atoms with van der Waals surface area (Å²) in [7, 11) is 0. The summed E-state index contributed by atoms with van der Waals surface area (Å²) in [5, 5.41) is 6.72. The molecule has 0 saturated carbocycles. The molecule has 0 aromatic rings. The molecule has 4 nitrogen and oxygen atoms in total. The van der Waals surface area contributed by atoms with Gasteiger partial charge < -0.3 is 5.73 Å². The molecule has 0 rings (SSSR count). The molecule has 0 atom stereocenters. The highest BCUT2D eigenvalue weighted by Crippen LogP contribution is 1.91. The number of nitrogens with two attached hydrogens (primary N) is 1. The molecule has 0 aliphatic heterocycles. The first kappa shape index (κ1) is 7.94. The molecule has 0 radical (unpaired) electrons. The minimum atomic E-state index is -0.583. The number of carbonyl (C=O) groups is 1. The number of urea groups is 1. The van der Waals surface area contributed by atoms with Crippen LogP contribution in [0.25, 0.3) is 0 Å². The monoisotopic (exact) mass is 129 g/mol. The molecule has 4 heteroatoms. The van der Waals surface area contributed by atoms with Crippen molar-refractivity contribution >= 4 is 12.4 Å². The van der Waals surface area contributed by atoms with Crippen LogP contribution in [0.1, 0.15) is 13.8 Å². The topological polar surface area (TPSA) is 70.2 Å². The van der Waals surface area contributed by atoms with Gasteiger partial charge in [0, 0.05) is 6.04 Å². The third-order valence-corrected chi connectivity index (χ3v) is 0.950. The molecule has 0 spiro atoms. The second kappa shape index (κ2) is 3.06. The van der Waals surface area contributed by atoms with Crippen molar-refractivity contribution in [1.29, 1.82) is 5.41 Å². The van der Waals surface area contributed by atoms with Gasteiger partial charge in [-0.25, -0.2) is 4.79 Å². The maximum absolute atomic E-state index is 10.4. The third kappa shape index (κ3) is 2.12. The molecule has 0 heterocycles. The van der Waals surface area contributed by atoms with Crippen LogP contribution in [0.5, 0.6) is 0 Å². The van der Waals surface area contributed by atoms with E-state index < -0.39 is 6.03 Å². The van der Waals surface area contributed by atoms with Crippen LogP contribution in [0.3, 0.4) is 0 Å². The Labute approximate surface area is 54.1 Å². The number of primary amides is 1. The van der Waals surface area contributed by atoms with Crippen LogP contribution in [-0.4, -0.2) is 23.3 Å². The Hall–Kier alpha value is -1.06. The van der Waals surface area contributed by atoms with Crippen LogP contribution in [0, 0.1) is 5.41 Å². The predicted molar refractivity (Wildman–Crippen MR) is 35.3 cm³/mol. The van der Waals surface area contributed by atoms with Gasteiger partial charge in [0.2, 0.25) is 0 Å². The second-order valence-corrected chi connectivity index (χ2v) is 1.97. The summed E-state index contributed by atoms with van der Waals surface area (Å²) in [6, 6.07) is -0.611. The Morgan fingerprint density at radius 2 is 2.22 bits per heavy atom. The molecule has 0 aromatic heterocycles. The summed E-state index contributed by atoms with van der Waals surface area (Å²) in [6.45, 7) is 3.58. The van der Waals surface area contributed by atoms with E-state index >= 15 is 0 Å². The summed E-state index contributed by atoms with van der Waals surface area (Å²) in [5.74, 6) is 0. The average molecular weight is 129 g/mol. The van der Waals surface area contributed by atoms with E-state index in [2.05, 4.69) is 0 Å². The number of rotatable bonds is 2. The zero-order valence-corrected chi connectivity index (χ0v) is 5.59. The van der Waals surface area contributed by atoms with Gasteiger partial charge in [0.25, 0.3) is 0 Å². The van der Waals surface area contributed by atoms with Crippen molar-refractivity contribution < 1.29 is 4.79 Å². The van der Waals surface area contributed by atoms with Crippen molar-refractivity contribution in [3.8, 4) is 0 Å². The fourth-order valence-electron chi connectivity index (χ4n) is 0.467. The zero-order chi connectivity index (χ0) is 7.44. The summed E-state index contributed by atoms with van der Waals surface area (Å²) in [6.07, 6.45) is 0.924. The normalized spacial score (nSPS) is 9.22. The summed E-state index contributed by atoms with van der Waals surface area (Å²) < 4.78 is 0. The number of nitrogens with one attached hydrogen (secondary N) is 1. The standard InChI is InChI=1S/C5H11N3O/c1-4(2)8(3-6)5(7)9/h3-4,6H,1-2H3,(H2,7,9). The van der Waals surface area contributed by atoms with Gasteiger partial charge in [-0.3, -0.25) is 10.3 Å². The van der Waals surface area contributed by atoms with Crippen LogP contribution >= 0.6 is 0 Å². The van der Waals surface area contributed by atoms with Gasteiger partial charge in [0.1, 0.15) is 0 Å². The number of amides is 2. The van der Waals surface area contributed by atoms with Crippen molar-refractivity contribution in [2.24, 2.45) is 5.73 Å². The molecule has 0 saturated heterocycles. The van der Waals surface area contributed by atoms with Crippen LogP contribution in [0.2, 0.25) is 0 Å². The molecule has 0 fully saturated rings. The number of hydrogen-bond acceptors (Lipinski definition) is 2. The lowest BCUT2D eigenvalue weighted by molar-refractivity contribution is 0.224. The molecule has 3 N–H and O–H groups in total. The number of hydrogen-bond donors (Lipinski definition) is 2. The highest BCUT2D eigenvalue weighted by atomic mass is 16.2. The van der Waals surface area contributed by atoms with Gasteiger partial charge in [0.15, 0.2) is 0 Å². The molecular weight excluding hydrogens is 118 g/mol. The maximum Gasteiger partial charge on any atom is 0.320 e. The fourth-order valence-corrected chi connectivity index (χ4v) is 0.467. The molecule has 52 valence electrons. The van der Waals surface area contributed by atoms with Gasteiger partial charge in [-0.1, -0.05) is 0 Å². The zero-order valence-electron chi connectivity index (χ0n) is 5.59. The molecule has 0 aliphatic rings. The van der Waals surface area contributed by atoms with Crippen LogP contribution in [0.4, 0.5) is 4.79 Å². The molecule has 2 amide bonds. The van der Waals surface area contributed by atoms with E-state index in [-0.39, 0.29) is 6.04 Å². The highest BCUT2D eigenvalue weighted by Gasteiger charge is 2.08. The molecule has 0 bridgehead atoms. The van der Waals surface area contributed by atoms with E-state index in [0.717, 1.165) is 11.2 Å². The van der Waals surface area contributed by atoms with Gasteiger partial charge in [-0.2, -0.15) is 0 Å². The minimum Gasteiger partial charge on any atom is -0.351 e. The smallest absolute Gasteiger partial charge is 0.320 e. The van der Waals surface area contributed by atoms with Crippen LogP contribution in [-0.2, 0) is 0 Å². The predicted octanol–water partition coefficient (Wildman–Crippen LogP) is 0.383. The number of carbonyl (C=O) groups excluding carboxylic acids is 1. The van der Waals surface area contributed by atoms with E-state index in [4.69, 9.17) is 11.1 Å². The first-order valence-corrected chi connectivity index (χ1v) is 2.68. The van der Waals surface area contributed by atoms with E-state index in [1.165, 1.54) is 0 Å². The lowest BCUT2D eigenvalue weighted by atomic mass is 10.4. The first-order chi connectivity index (χ1) is 4.09. The number of nitrogens with zero attached hydrogens (tertiary/aromatic N) is 1. The molecule has 0 aliphatic carbocycles.